The Bertz CT molecular complexity index is 1540. The fourth-order valence-corrected chi connectivity index (χ4v) is 4.78. The number of benzene rings is 5. The first-order chi connectivity index (χ1) is 14.8. The van der Waals surface area contributed by atoms with Gasteiger partial charge in [0.2, 0.25) is 0 Å². The second kappa shape index (κ2) is 6.60. The minimum atomic E-state index is 1.19. The topological polar surface area (TPSA) is 4.93 Å². The summed E-state index contributed by atoms with van der Waals surface area (Å²) in [6.45, 7) is 2.19. The minimum Gasteiger partial charge on any atom is -0.309 e. The van der Waals surface area contributed by atoms with Crippen LogP contribution in [0.2, 0.25) is 0 Å². The van der Waals surface area contributed by atoms with E-state index in [2.05, 4.69) is 121 Å². The van der Waals surface area contributed by atoms with Crippen LogP contribution in [0, 0.1) is 6.92 Å². The van der Waals surface area contributed by atoms with E-state index in [1.807, 2.05) is 0 Å². The highest BCUT2D eigenvalue weighted by molar-refractivity contribution is 6.18. The first-order valence-corrected chi connectivity index (χ1v) is 10.4. The van der Waals surface area contributed by atoms with Crippen LogP contribution in [-0.2, 0) is 0 Å². The predicted molar refractivity (Wildman–Crippen MR) is 128 cm³/mol. The molecule has 1 nitrogen and oxygen atoms in total. The Morgan fingerprint density at radius 1 is 0.467 bits per heavy atom. The Morgan fingerprint density at radius 2 is 1.13 bits per heavy atom. The molecule has 1 heteroatoms. The molecule has 0 saturated carbocycles. The third-order valence-electron chi connectivity index (χ3n) is 6.14. The molecule has 0 bridgehead atoms. The van der Waals surface area contributed by atoms with Gasteiger partial charge >= 0.3 is 0 Å². The predicted octanol–water partition coefficient (Wildman–Crippen LogP) is 7.91. The summed E-state index contributed by atoms with van der Waals surface area (Å²) in [6, 6.07) is 39.3. The Labute approximate surface area is 175 Å². The molecule has 5 aromatic carbocycles. The maximum absolute atomic E-state index is 2.38. The van der Waals surface area contributed by atoms with E-state index < -0.39 is 0 Å². The van der Waals surface area contributed by atoms with Gasteiger partial charge in [-0.15, -0.1) is 0 Å². The molecule has 0 fully saturated rings. The summed E-state index contributed by atoms with van der Waals surface area (Å²) in [4.78, 5) is 0. The van der Waals surface area contributed by atoms with E-state index in [9.17, 15) is 0 Å². The molecule has 142 valence electrons. The lowest BCUT2D eigenvalue weighted by Crippen LogP contribution is -1.93. The summed E-state index contributed by atoms with van der Waals surface area (Å²) in [5.41, 5.74) is 7.56. The third kappa shape index (κ3) is 2.42. The van der Waals surface area contributed by atoms with E-state index in [-0.39, 0.29) is 0 Å². The van der Waals surface area contributed by atoms with Crippen molar-refractivity contribution in [3.8, 4) is 16.8 Å². The highest BCUT2D eigenvalue weighted by Crippen LogP contribution is 2.40. The fraction of sp³-hybridized carbons (Fsp3) is 0.0345. The summed E-state index contributed by atoms with van der Waals surface area (Å²) < 4.78 is 2.38. The van der Waals surface area contributed by atoms with Crippen molar-refractivity contribution in [3.05, 3.63) is 115 Å². The Kier molecular flexibility index (Phi) is 3.75. The standard InChI is InChI=1S/C29H21N/c1-20-18-19-24(23-13-6-5-12-22(20)23)25-15-9-17-28-29(25)26-14-7-8-16-27(26)30(28)21-10-3-2-4-11-21/h2-19H,1H3. The van der Waals surface area contributed by atoms with Gasteiger partial charge in [0.05, 0.1) is 11.0 Å². The van der Waals surface area contributed by atoms with Crippen molar-refractivity contribution in [1.29, 1.82) is 0 Å². The van der Waals surface area contributed by atoms with E-state index in [0.29, 0.717) is 0 Å². The van der Waals surface area contributed by atoms with E-state index in [1.165, 1.54) is 55.0 Å². The molecular formula is C29H21N. The van der Waals surface area contributed by atoms with Crippen molar-refractivity contribution < 1.29 is 0 Å². The summed E-state index contributed by atoms with van der Waals surface area (Å²) in [7, 11) is 0. The zero-order valence-corrected chi connectivity index (χ0v) is 16.8. The SMILES string of the molecule is Cc1ccc(-c2cccc3c2c2ccccc2n3-c2ccccc2)c2ccccc12. The van der Waals surface area contributed by atoms with Crippen LogP contribution < -0.4 is 0 Å². The molecule has 0 aliphatic heterocycles. The highest BCUT2D eigenvalue weighted by Gasteiger charge is 2.16. The van der Waals surface area contributed by atoms with Gasteiger partial charge in [0.1, 0.15) is 0 Å². The van der Waals surface area contributed by atoms with Crippen molar-refractivity contribution in [2.24, 2.45) is 0 Å². The monoisotopic (exact) mass is 383 g/mol. The number of nitrogens with zero attached hydrogens (tertiary/aromatic N) is 1. The summed E-state index contributed by atoms with van der Waals surface area (Å²) >= 11 is 0. The van der Waals surface area contributed by atoms with Crippen molar-refractivity contribution in [2.75, 3.05) is 0 Å². The van der Waals surface area contributed by atoms with Gasteiger partial charge in [-0.05, 0) is 58.7 Å². The Morgan fingerprint density at radius 3 is 1.97 bits per heavy atom. The number of aryl methyl sites for hydroxylation is 1. The van der Waals surface area contributed by atoms with Crippen LogP contribution in [0.5, 0.6) is 0 Å². The number of hydrogen-bond donors (Lipinski definition) is 0. The van der Waals surface area contributed by atoms with Crippen LogP contribution >= 0.6 is 0 Å². The van der Waals surface area contributed by atoms with Gasteiger partial charge < -0.3 is 4.57 Å². The van der Waals surface area contributed by atoms with Crippen LogP contribution in [0.25, 0.3) is 49.4 Å². The third-order valence-corrected chi connectivity index (χ3v) is 6.14. The second-order valence-electron chi connectivity index (χ2n) is 7.86. The average Bonchev–Trinajstić information content (AvgIpc) is 3.15. The van der Waals surface area contributed by atoms with Crippen LogP contribution in [0.3, 0.4) is 0 Å². The van der Waals surface area contributed by atoms with Gasteiger partial charge in [-0.1, -0.05) is 84.9 Å². The van der Waals surface area contributed by atoms with Gasteiger partial charge in [0.25, 0.3) is 0 Å². The zero-order valence-electron chi connectivity index (χ0n) is 16.8. The minimum absolute atomic E-state index is 1.19. The lowest BCUT2D eigenvalue weighted by molar-refractivity contribution is 1.18. The second-order valence-corrected chi connectivity index (χ2v) is 7.86. The summed E-state index contributed by atoms with van der Waals surface area (Å²) in [5.74, 6) is 0. The van der Waals surface area contributed by atoms with Crippen molar-refractivity contribution in [2.45, 2.75) is 6.92 Å². The first-order valence-electron chi connectivity index (χ1n) is 10.4. The number of fused-ring (bicyclic) bond motifs is 4. The van der Waals surface area contributed by atoms with Gasteiger partial charge in [0, 0.05) is 16.5 Å². The molecule has 0 N–H and O–H groups in total. The number of hydrogen-bond acceptors (Lipinski definition) is 0. The van der Waals surface area contributed by atoms with Crippen molar-refractivity contribution >= 4 is 32.6 Å². The fourth-order valence-electron chi connectivity index (χ4n) is 4.78. The van der Waals surface area contributed by atoms with Crippen molar-refractivity contribution in [1.82, 2.24) is 4.57 Å². The molecule has 0 aliphatic carbocycles. The molecule has 6 rings (SSSR count). The Balaban J connectivity index is 1.78. The molecule has 0 atom stereocenters. The molecule has 0 aliphatic rings. The van der Waals surface area contributed by atoms with E-state index in [1.54, 1.807) is 0 Å². The number of para-hydroxylation sites is 2. The molecule has 6 aromatic rings. The first kappa shape index (κ1) is 17.1. The van der Waals surface area contributed by atoms with Gasteiger partial charge in [0.15, 0.2) is 0 Å². The quantitative estimate of drug-likeness (QED) is 0.286. The van der Waals surface area contributed by atoms with E-state index in [4.69, 9.17) is 0 Å². The van der Waals surface area contributed by atoms with Crippen LogP contribution in [-0.4, -0.2) is 4.57 Å². The van der Waals surface area contributed by atoms with Crippen molar-refractivity contribution in [3.63, 3.8) is 0 Å². The molecule has 0 spiro atoms. The smallest absolute Gasteiger partial charge is 0.0547 e. The van der Waals surface area contributed by atoms with Gasteiger partial charge in [-0.3, -0.25) is 0 Å². The van der Waals surface area contributed by atoms with Gasteiger partial charge in [-0.2, -0.15) is 0 Å². The lowest BCUT2D eigenvalue weighted by Gasteiger charge is -2.12. The van der Waals surface area contributed by atoms with Crippen LogP contribution in [0.15, 0.2) is 109 Å². The Hall–Kier alpha value is -3.84. The molecule has 1 heterocycles. The van der Waals surface area contributed by atoms with E-state index in [0.717, 1.165) is 0 Å². The maximum atomic E-state index is 2.38. The zero-order chi connectivity index (χ0) is 20.1. The summed E-state index contributed by atoms with van der Waals surface area (Å²) in [6.07, 6.45) is 0. The summed E-state index contributed by atoms with van der Waals surface area (Å²) in [5, 5.41) is 5.22. The highest BCUT2D eigenvalue weighted by atomic mass is 15.0. The van der Waals surface area contributed by atoms with E-state index >= 15 is 0 Å². The number of aromatic nitrogens is 1. The normalized spacial score (nSPS) is 11.5. The molecule has 0 amide bonds. The maximum Gasteiger partial charge on any atom is 0.0547 e. The van der Waals surface area contributed by atoms with Crippen LogP contribution in [0.1, 0.15) is 5.56 Å². The number of rotatable bonds is 2. The van der Waals surface area contributed by atoms with Gasteiger partial charge in [-0.25, -0.2) is 0 Å². The average molecular weight is 383 g/mol. The lowest BCUT2D eigenvalue weighted by atomic mass is 9.93. The molecule has 0 radical (unpaired) electrons. The van der Waals surface area contributed by atoms with Crippen LogP contribution in [0.4, 0.5) is 0 Å². The molecular weight excluding hydrogens is 362 g/mol. The molecule has 1 aromatic heterocycles. The molecule has 30 heavy (non-hydrogen) atoms. The molecule has 0 unspecified atom stereocenters. The largest absolute Gasteiger partial charge is 0.309 e. The molecule has 0 saturated heterocycles.